The Kier molecular flexibility index (Phi) is 8.74. The SMILES string of the molecule is O=C(O)COc1cccc(/C=N\NC(=O)[C@H](Cc2cnc[nH]2)NC(=O)OCc2ccccc2)c1. The van der Waals surface area contributed by atoms with Crippen molar-refractivity contribution in [2.75, 3.05) is 6.61 Å². The fourth-order valence-corrected chi connectivity index (χ4v) is 2.81. The van der Waals surface area contributed by atoms with Gasteiger partial charge >= 0.3 is 12.1 Å². The lowest BCUT2D eigenvalue weighted by Gasteiger charge is -2.16. The standard InChI is InChI=1S/C23H23N5O6/c29-21(30)14-33-19-8-4-7-17(9-19)11-26-28-22(31)20(10-18-12-24-15-25-18)27-23(32)34-13-16-5-2-1-3-6-16/h1-9,11-12,15,20H,10,13-14H2,(H,24,25)(H,27,32)(H,28,31)(H,29,30)/b26-11-/t20-/m0/s1. The molecule has 2 amide bonds. The summed E-state index contributed by atoms with van der Waals surface area (Å²) < 4.78 is 10.3. The predicted octanol–water partition coefficient (Wildman–Crippen LogP) is 1.86. The van der Waals surface area contributed by atoms with Gasteiger partial charge in [-0.2, -0.15) is 5.10 Å². The van der Waals surface area contributed by atoms with Gasteiger partial charge in [-0.1, -0.05) is 42.5 Å². The largest absolute Gasteiger partial charge is 0.482 e. The van der Waals surface area contributed by atoms with Gasteiger partial charge in [0, 0.05) is 18.3 Å². The first-order valence-corrected chi connectivity index (χ1v) is 10.2. The fourth-order valence-electron chi connectivity index (χ4n) is 2.81. The van der Waals surface area contributed by atoms with E-state index in [4.69, 9.17) is 14.6 Å². The fraction of sp³-hybridized carbons (Fsp3) is 0.174. The van der Waals surface area contributed by atoms with Crippen molar-refractivity contribution in [1.29, 1.82) is 0 Å². The number of benzene rings is 2. The van der Waals surface area contributed by atoms with Crippen molar-refractivity contribution < 1.29 is 29.0 Å². The number of carboxylic acids is 1. The highest BCUT2D eigenvalue weighted by atomic mass is 16.5. The Hall–Kier alpha value is -4.67. The Bertz CT molecular complexity index is 1120. The van der Waals surface area contributed by atoms with E-state index in [1.807, 2.05) is 30.3 Å². The summed E-state index contributed by atoms with van der Waals surface area (Å²) in [6, 6.07) is 14.7. The number of nitrogens with zero attached hydrogens (tertiary/aromatic N) is 2. The van der Waals surface area contributed by atoms with E-state index in [0.717, 1.165) is 5.56 Å². The highest BCUT2D eigenvalue weighted by Gasteiger charge is 2.22. The number of carboxylic acid groups (broad SMARTS) is 1. The van der Waals surface area contributed by atoms with Crippen LogP contribution in [-0.4, -0.2) is 51.9 Å². The van der Waals surface area contributed by atoms with Gasteiger partial charge in [-0.05, 0) is 23.3 Å². The van der Waals surface area contributed by atoms with Crippen LogP contribution in [-0.2, 0) is 27.4 Å². The molecule has 34 heavy (non-hydrogen) atoms. The van der Waals surface area contributed by atoms with Gasteiger partial charge < -0.3 is 24.9 Å². The first-order chi connectivity index (χ1) is 16.5. The number of hydrogen-bond donors (Lipinski definition) is 4. The van der Waals surface area contributed by atoms with Gasteiger partial charge in [0.1, 0.15) is 18.4 Å². The monoisotopic (exact) mass is 465 g/mol. The molecule has 176 valence electrons. The lowest BCUT2D eigenvalue weighted by molar-refractivity contribution is -0.139. The number of carbonyl (C=O) groups is 3. The minimum absolute atomic E-state index is 0.0590. The number of imidazole rings is 1. The van der Waals surface area contributed by atoms with Crippen molar-refractivity contribution in [2.24, 2.45) is 5.10 Å². The maximum Gasteiger partial charge on any atom is 0.408 e. The minimum atomic E-state index is -1.09. The number of nitrogens with one attached hydrogen (secondary N) is 3. The molecule has 0 aliphatic rings. The Morgan fingerprint density at radius 2 is 1.97 bits per heavy atom. The molecule has 4 N–H and O–H groups in total. The molecule has 0 saturated heterocycles. The molecule has 0 radical (unpaired) electrons. The number of alkyl carbamates (subject to hydrolysis) is 1. The Labute approximate surface area is 194 Å². The van der Waals surface area contributed by atoms with Gasteiger partial charge in [0.15, 0.2) is 6.61 Å². The van der Waals surface area contributed by atoms with E-state index in [-0.39, 0.29) is 13.0 Å². The summed E-state index contributed by atoms with van der Waals surface area (Å²) in [6.45, 7) is -0.415. The van der Waals surface area contributed by atoms with Crippen molar-refractivity contribution in [3.8, 4) is 5.75 Å². The number of amides is 2. The zero-order chi connectivity index (χ0) is 24.2. The van der Waals surface area contributed by atoms with Crippen LogP contribution in [0.5, 0.6) is 5.75 Å². The van der Waals surface area contributed by atoms with Crippen LogP contribution in [0, 0.1) is 0 Å². The third-order valence-corrected chi connectivity index (χ3v) is 4.41. The summed E-state index contributed by atoms with van der Waals surface area (Å²) in [4.78, 5) is 42.4. The van der Waals surface area contributed by atoms with E-state index in [0.29, 0.717) is 17.0 Å². The second-order valence-electron chi connectivity index (χ2n) is 7.03. The zero-order valence-corrected chi connectivity index (χ0v) is 18.0. The van der Waals surface area contributed by atoms with Crippen molar-refractivity contribution >= 4 is 24.2 Å². The van der Waals surface area contributed by atoms with Gasteiger partial charge in [0.2, 0.25) is 0 Å². The average molecular weight is 465 g/mol. The summed E-state index contributed by atoms with van der Waals surface area (Å²) in [5.74, 6) is -1.32. The van der Waals surface area contributed by atoms with Crippen LogP contribution in [0.25, 0.3) is 0 Å². The smallest absolute Gasteiger partial charge is 0.408 e. The van der Waals surface area contributed by atoms with E-state index >= 15 is 0 Å². The molecule has 2 aromatic carbocycles. The van der Waals surface area contributed by atoms with Gasteiger partial charge in [-0.25, -0.2) is 20.0 Å². The Morgan fingerprint density at radius 1 is 1.15 bits per heavy atom. The summed E-state index contributed by atoms with van der Waals surface area (Å²) in [7, 11) is 0. The normalized spacial score (nSPS) is 11.5. The number of ether oxygens (including phenoxy) is 2. The van der Waals surface area contributed by atoms with Crippen LogP contribution < -0.4 is 15.5 Å². The number of rotatable bonds is 11. The minimum Gasteiger partial charge on any atom is -0.482 e. The predicted molar refractivity (Wildman–Crippen MR) is 121 cm³/mol. The van der Waals surface area contributed by atoms with Gasteiger partial charge in [-0.15, -0.1) is 0 Å². The molecule has 0 unspecified atom stereocenters. The van der Waals surface area contributed by atoms with Crippen molar-refractivity contribution in [3.05, 3.63) is 83.9 Å². The van der Waals surface area contributed by atoms with Crippen LogP contribution in [0.3, 0.4) is 0 Å². The van der Waals surface area contributed by atoms with Crippen molar-refractivity contribution in [2.45, 2.75) is 19.1 Å². The van der Waals surface area contributed by atoms with Crippen LogP contribution in [0.15, 0.2) is 72.2 Å². The molecule has 0 saturated carbocycles. The molecule has 0 aliphatic heterocycles. The Balaban J connectivity index is 1.58. The highest BCUT2D eigenvalue weighted by Crippen LogP contribution is 2.12. The number of aromatic amines is 1. The van der Waals surface area contributed by atoms with Crippen molar-refractivity contribution in [1.82, 2.24) is 20.7 Å². The molecule has 0 bridgehead atoms. The maximum atomic E-state index is 12.7. The molecular formula is C23H23N5O6. The number of hydrogen-bond acceptors (Lipinski definition) is 7. The lowest BCUT2D eigenvalue weighted by atomic mass is 10.1. The Morgan fingerprint density at radius 3 is 2.71 bits per heavy atom. The number of aliphatic carboxylic acids is 1. The molecule has 3 rings (SSSR count). The molecular weight excluding hydrogens is 442 g/mol. The first kappa shape index (κ1) is 24.0. The van der Waals surface area contributed by atoms with Gasteiger partial charge in [-0.3, -0.25) is 4.79 Å². The van der Waals surface area contributed by atoms with E-state index in [2.05, 4.69) is 25.8 Å². The number of hydrazone groups is 1. The molecule has 1 aromatic heterocycles. The third kappa shape index (κ3) is 8.11. The summed E-state index contributed by atoms with van der Waals surface area (Å²) >= 11 is 0. The molecule has 0 fully saturated rings. The van der Waals surface area contributed by atoms with E-state index in [9.17, 15) is 14.4 Å². The zero-order valence-electron chi connectivity index (χ0n) is 18.0. The molecule has 0 spiro atoms. The summed E-state index contributed by atoms with van der Waals surface area (Å²) in [6.07, 6.45) is 3.77. The number of H-pyrrole nitrogens is 1. The topological polar surface area (TPSA) is 155 Å². The van der Waals surface area contributed by atoms with E-state index in [1.54, 1.807) is 30.5 Å². The first-order valence-electron chi connectivity index (χ1n) is 10.2. The maximum absolute atomic E-state index is 12.7. The third-order valence-electron chi connectivity index (χ3n) is 4.41. The van der Waals surface area contributed by atoms with Gasteiger partial charge in [0.25, 0.3) is 5.91 Å². The summed E-state index contributed by atoms with van der Waals surface area (Å²) in [5.41, 5.74) is 4.40. The molecule has 11 nitrogen and oxygen atoms in total. The molecule has 11 heteroatoms. The summed E-state index contributed by atoms with van der Waals surface area (Å²) in [5, 5.41) is 15.2. The quantitative estimate of drug-likeness (QED) is 0.249. The molecule has 1 heterocycles. The van der Waals surface area contributed by atoms with Crippen LogP contribution in [0.2, 0.25) is 0 Å². The van der Waals surface area contributed by atoms with Crippen LogP contribution >= 0.6 is 0 Å². The molecule has 3 aromatic rings. The van der Waals surface area contributed by atoms with Gasteiger partial charge in [0.05, 0.1) is 12.5 Å². The molecule has 0 aliphatic carbocycles. The number of aromatic nitrogens is 2. The van der Waals surface area contributed by atoms with E-state index in [1.165, 1.54) is 12.5 Å². The second kappa shape index (κ2) is 12.4. The molecule has 1 atom stereocenters. The van der Waals surface area contributed by atoms with E-state index < -0.39 is 30.6 Å². The number of carbonyl (C=O) groups excluding carboxylic acids is 2. The van der Waals surface area contributed by atoms with Crippen LogP contribution in [0.4, 0.5) is 4.79 Å². The highest BCUT2D eigenvalue weighted by molar-refractivity contribution is 5.87. The second-order valence-corrected chi connectivity index (χ2v) is 7.03. The lowest BCUT2D eigenvalue weighted by Crippen LogP contribution is -2.47. The van der Waals surface area contributed by atoms with Crippen molar-refractivity contribution in [3.63, 3.8) is 0 Å². The van der Waals surface area contributed by atoms with Crippen LogP contribution in [0.1, 0.15) is 16.8 Å². The average Bonchev–Trinajstić information content (AvgIpc) is 3.35.